The summed E-state index contributed by atoms with van der Waals surface area (Å²) in [5, 5.41) is 0. The Morgan fingerprint density at radius 3 is 2.92 bits per heavy atom. The van der Waals surface area contributed by atoms with Crippen LogP contribution >= 0.6 is 0 Å². The Labute approximate surface area is 72.4 Å². The Kier molecular flexibility index (Phi) is 3.00. The van der Waals surface area contributed by atoms with Gasteiger partial charge in [0.1, 0.15) is 5.60 Å². The van der Waals surface area contributed by atoms with E-state index in [0.717, 1.165) is 12.8 Å². The van der Waals surface area contributed by atoms with E-state index in [2.05, 4.69) is 13.5 Å². The summed E-state index contributed by atoms with van der Waals surface area (Å²) in [5.74, 6) is 0. The summed E-state index contributed by atoms with van der Waals surface area (Å²) in [5.41, 5.74) is -0.430. The highest BCUT2D eigenvalue weighted by atomic mass is 16.7. The van der Waals surface area contributed by atoms with E-state index in [1.165, 1.54) is 0 Å². The van der Waals surface area contributed by atoms with Gasteiger partial charge in [-0.15, -0.1) is 6.58 Å². The molecule has 3 nitrogen and oxygen atoms in total. The van der Waals surface area contributed by atoms with Crippen molar-refractivity contribution in [1.82, 2.24) is 0 Å². The zero-order valence-corrected chi connectivity index (χ0v) is 7.29. The van der Waals surface area contributed by atoms with Crippen LogP contribution in [0.2, 0.25) is 0 Å². The van der Waals surface area contributed by atoms with Crippen molar-refractivity contribution in [3.8, 4) is 0 Å². The molecule has 68 valence electrons. The van der Waals surface area contributed by atoms with Crippen molar-refractivity contribution in [2.45, 2.75) is 31.7 Å². The summed E-state index contributed by atoms with van der Waals surface area (Å²) in [6.07, 6.45) is 3.53. The summed E-state index contributed by atoms with van der Waals surface area (Å²) < 4.78 is 10.5. The van der Waals surface area contributed by atoms with Gasteiger partial charge in [0.25, 0.3) is 0 Å². The fourth-order valence-electron chi connectivity index (χ4n) is 1.35. The molecular formula is C9H14O3. The Morgan fingerprint density at radius 1 is 1.75 bits per heavy atom. The maximum atomic E-state index is 10.3. The molecule has 0 radical (unpaired) electrons. The van der Waals surface area contributed by atoms with Gasteiger partial charge < -0.3 is 9.47 Å². The van der Waals surface area contributed by atoms with E-state index >= 15 is 0 Å². The molecule has 0 aromatic rings. The van der Waals surface area contributed by atoms with Crippen LogP contribution in [0.5, 0.6) is 0 Å². The summed E-state index contributed by atoms with van der Waals surface area (Å²) in [6.45, 7) is 6.18. The minimum Gasteiger partial charge on any atom is -0.343 e. The zero-order valence-electron chi connectivity index (χ0n) is 7.29. The van der Waals surface area contributed by atoms with Crippen LogP contribution in [0.4, 0.5) is 0 Å². The molecule has 1 saturated heterocycles. The lowest BCUT2D eigenvalue weighted by Crippen LogP contribution is -2.29. The molecule has 1 aliphatic heterocycles. The lowest BCUT2D eigenvalue weighted by Gasteiger charge is -2.21. The normalized spacial score (nSPS) is 34.9. The third-order valence-electron chi connectivity index (χ3n) is 2.00. The van der Waals surface area contributed by atoms with Crippen LogP contribution in [0.3, 0.4) is 0 Å². The Hall–Kier alpha value is -0.670. The number of ether oxygens (including phenoxy) is 2. The summed E-state index contributed by atoms with van der Waals surface area (Å²) in [6, 6.07) is 0. The third-order valence-corrected chi connectivity index (χ3v) is 2.00. The SMILES string of the molecule is C=CC1(CCC)COC(C=O)O1. The molecule has 0 aliphatic carbocycles. The number of rotatable bonds is 4. The fourth-order valence-corrected chi connectivity index (χ4v) is 1.35. The van der Waals surface area contributed by atoms with Crippen LogP contribution in [-0.2, 0) is 14.3 Å². The Morgan fingerprint density at radius 2 is 2.50 bits per heavy atom. The summed E-state index contributed by atoms with van der Waals surface area (Å²) in [4.78, 5) is 10.3. The molecular weight excluding hydrogens is 156 g/mol. The molecule has 0 bridgehead atoms. The van der Waals surface area contributed by atoms with Crippen molar-refractivity contribution in [1.29, 1.82) is 0 Å². The molecule has 1 fully saturated rings. The van der Waals surface area contributed by atoms with E-state index < -0.39 is 11.9 Å². The van der Waals surface area contributed by atoms with E-state index in [9.17, 15) is 4.79 Å². The van der Waals surface area contributed by atoms with Crippen molar-refractivity contribution >= 4 is 6.29 Å². The predicted molar refractivity (Wildman–Crippen MR) is 44.7 cm³/mol. The maximum Gasteiger partial charge on any atom is 0.215 e. The highest BCUT2D eigenvalue weighted by Gasteiger charge is 2.37. The van der Waals surface area contributed by atoms with Crippen LogP contribution in [-0.4, -0.2) is 24.8 Å². The van der Waals surface area contributed by atoms with Crippen LogP contribution in [0, 0.1) is 0 Å². The molecule has 1 heterocycles. The van der Waals surface area contributed by atoms with Crippen molar-refractivity contribution in [3.05, 3.63) is 12.7 Å². The number of hydrogen-bond acceptors (Lipinski definition) is 3. The Balaban J connectivity index is 2.58. The van der Waals surface area contributed by atoms with Gasteiger partial charge in [-0.05, 0) is 6.42 Å². The van der Waals surface area contributed by atoms with E-state index in [0.29, 0.717) is 12.9 Å². The smallest absolute Gasteiger partial charge is 0.215 e. The van der Waals surface area contributed by atoms with Gasteiger partial charge in [-0.2, -0.15) is 0 Å². The molecule has 0 saturated carbocycles. The van der Waals surface area contributed by atoms with Crippen molar-refractivity contribution in [2.75, 3.05) is 6.61 Å². The van der Waals surface area contributed by atoms with Gasteiger partial charge in [0.05, 0.1) is 6.61 Å². The van der Waals surface area contributed by atoms with Gasteiger partial charge in [0.15, 0.2) is 6.29 Å². The van der Waals surface area contributed by atoms with Gasteiger partial charge >= 0.3 is 0 Å². The maximum absolute atomic E-state index is 10.3. The molecule has 2 unspecified atom stereocenters. The van der Waals surface area contributed by atoms with E-state index in [1.807, 2.05) is 0 Å². The summed E-state index contributed by atoms with van der Waals surface area (Å²) in [7, 11) is 0. The second-order valence-corrected chi connectivity index (χ2v) is 2.95. The van der Waals surface area contributed by atoms with Crippen molar-refractivity contribution < 1.29 is 14.3 Å². The first-order valence-corrected chi connectivity index (χ1v) is 4.14. The number of carbonyl (C=O) groups excluding carboxylic acids is 1. The van der Waals surface area contributed by atoms with Gasteiger partial charge in [0, 0.05) is 0 Å². The van der Waals surface area contributed by atoms with Crippen LogP contribution < -0.4 is 0 Å². The third kappa shape index (κ3) is 1.73. The molecule has 0 aromatic carbocycles. The second kappa shape index (κ2) is 3.83. The molecule has 1 aliphatic rings. The monoisotopic (exact) mass is 170 g/mol. The van der Waals surface area contributed by atoms with Crippen LogP contribution in [0.25, 0.3) is 0 Å². The fraction of sp³-hybridized carbons (Fsp3) is 0.667. The first kappa shape index (κ1) is 9.42. The van der Waals surface area contributed by atoms with Gasteiger partial charge in [-0.3, -0.25) is 4.79 Å². The van der Waals surface area contributed by atoms with Gasteiger partial charge in [-0.25, -0.2) is 0 Å². The zero-order chi connectivity index (χ0) is 9.03. The molecule has 3 heteroatoms. The average Bonchev–Trinajstić information content (AvgIpc) is 2.50. The summed E-state index contributed by atoms with van der Waals surface area (Å²) >= 11 is 0. The number of hydrogen-bond donors (Lipinski definition) is 0. The minimum atomic E-state index is -0.699. The standard InChI is InChI=1S/C9H14O3/c1-3-5-9(4-2)7-11-8(6-10)12-9/h4,6,8H,2-3,5,7H2,1H3. The predicted octanol–water partition coefficient (Wildman–Crippen LogP) is 1.28. The van der Waals surface area contributed by atoms with Gasteiger partial charge in [0.2, 0.25) is 6.29 Å². The first-order valence-electron chi connectivity index (χ1n) is 4.14. The van der Waals surface area contributed by atoms with Crippen molar-refractivity contribution in [2.24, 2.45) is 0 Å². The van der Waals surface area contributed by atoms with E-state index in [1.54, 1.807) is 6.08 Å². The molecule has 0 amide bonds. The molecule has 12 heavy (non-hydrogen) atoms. The molecule has 0 N–H and O–H groups in total. The van der Waals surface area contributed by atoms with Crippen molar-refractivity contribution in [3.63, 3.8) is 0 Å². The highest BCUT2D eigenvalue weighted by Crippen LogP contribution is 2.28. The van der Waals surface area contributed by atoms with Gasteiger partial charge in [-0.1, -0.05) is 19.4 Å². The lowest BCUT2D eigenvalue weighted by atomic mass is 10.00. The Bertz CT molecular complexity index is 179. The average molecular weight is 170 g/mol. The minimum absolute atomic E-state index is 0.430. The molecule has 0 aromatic heterocycles. The van der Waals surface area contributed by atoms with Crippen LogP contribution in [0.15, 0.2) is 12.7 Å². The van der Waals surface area contributed by atoms with E-state index in [-0.39, 0.29) is 0 Å². The van der Waals surface area contributed by atoms with Crippen LogP contribution in [0.1, 0.15) is 19.8 Å². The first-order chi connectivity index (χ1) is 5.76. The molecule has 1 rings (SSSR count). The second-order valence-electron chi connectivity index (χ2n) is 2.95. The number of aldehydes is 1. The lowest BCUT2D eigenvalue weighted by molar-refractivity contribution is -0.136. The van der Waals surface area contributed by atoms with E-state index in [4.69, 9.17) is 9.47 Å². The topological polar surface area (TPSA) is 35.5 Å². The number of carbonyl (C=O) groups is 1. The quantitative estimate of drug-likeness (QED) is 0.471. The largest absolute Gasteiger partial charge is 0.343 e. The highest BCUT2D eigenvalue weighted by molar-refractivity contribution is 5.54. The molecule has 0 spiro atoms. The molecule has 2 atom stereocenters.